The number of carboxylic acid groups (broad SMARTS) is 1. The summed E-state index contributed by atoms with van der Waals surface area (Å²) in [5.41, 5.74) is 2.36. The third-order valence-corrected chi connectivity index (χ3v) is 8.29. The number of halogens is 1. The van der Waals surface area contributed by atoms with E-state index in [2.05, 4.69) is 41.0 Å². The van der Waals surface area contributed by atoms with Gasteiger partial charge in [0.2, 0.25) is 5.43 Å². The summed E-state index contributed by atoms with van der Waals surface area (Å²) in [6.07, 6.45) is 5.38. The van der Waals surface area contributed by atoms with Crippen LogP contribution in [0.15, 0.2) is 41.3 Å². The fourth-order valence-electron chi connectivity index (χ4n) is 6.30. The monoisotopic (exact) mass is 505 g/mol. The van der Waals surface area contributed by atoms with Crippen LogP contribution in [0.1, 0.15) is 53.2 Å². The van der Waals surface area contributed by atoms with Crippen molar-refractivity contribution in [1.82, 2.24) is 9.47 Å². The number of piperidine rings is 1. The number of carboxylic acids is 1. The molecule has 0 amide bonds. The quantitative estimate of drug-likeness (QED) is 0.528. The maximum absolute atomic E-state index is 15.8. The zero-order valence-electron chi connectivity index (χ0n) is 21.2. The Kier molecular flexibility index (Phi) is 5.94. The van der Waals surface area contributed by atoms with Gasteiger partial charge in [-0.2, -0.15) is 0 Å². The molecule has 2 aliphatic heterocycles. The Hall–Kier alpha value is -3.39. The van der Waals surface area contributed by atoms with Crippen LogP contribution in [0.2, 0.25) is 0 Å². The number of benzene rings is 2. The van der Waals surface area contributed by atoms with E-state index in [1.807, 2.05) is 4.57 Å². The Morgan fingerprint density at radius 2 is 1.92 bits per heavy atom. The van der Waals surface area contributed by atoms with E-state index in [-0.39, 0.29) is 17.0 Å². The van der Waals surface area contributed by atoms with Gasteiger partial charge in [0.05, 0.1) is 18.0 Å². The van der Waals surface area contributed by atoms with Crippen LogP contribution < -0.4 is 15.1 Å². The molecule has 8 heteroatoms. The predicted molar refractivity (Wildman–Crippen MR) is 140 cm³/mol. The van der Waals surface area contributed by atoms with Gasteiger partial charge in [-0.15, -0.1) is 0 Å². The van der Waals surface area contributed by atoms with Crippen LogP contribution >= 0.6 is 0 Å². The lowest BCUT2D eigenvalue weighted by molar-refractivity contribution is 0.0694. The highest BCUT2D eigenvalue weighted by Gasteiger charge is 2.41. The molecule has 0 spiro atoms. The van der Waals surface area contributed by atoms with Crippen molar-refractivity contribution >= 4 is 22.6 Å². The molecule has 7 nitrogen and oxygen atoms in total. The van der Waals surface area contributed by atoms with E-state index < -0.39 is 17.2 Å². The SMILES string of the molecule is COc1c(N2C[C@H]3CCCN(Cc4ccc(C)cc4)[C@H]3C2)c(F)cc2c(=O)c(C(=O)O)cn(C3CC3)c12. The van der Waals surface area contributed by atoms with Gasteiger partial charge in [-0.05, 0) is 56.7 Å². The molecule has 6 rings (SSSR count). The number of methoxy groups -OCH3 is 1. The van der Waals surface area contributed by atoms with Gasteiger partial charge < -0.3 is 19.3 Å². The number of ether oxygens (including phenoxy) is 1. The summed E-state index contributed by atoms with van der Waals surface area (Å²) in [6, 6.07) is 10.2. The number of pyridine rings is 1. The number of rotatable bonds is 6. The van der Waals surface area contributed by atoms with Crippen LogP contribution in [0.25, 0.3) is 10.9 Å². The standard InChI is InChI=1S/C29H32FN3O4/c1-17-5-7-18(8-6-17)13-31-11-3-4-19-14-32(16-24(19)31)26-23(30)12-21-25(28(26)37-2)33(20-9-10-20)15-22(27(21)34)29(35)36/h5-8,12,15,19-20,24H,3-4,9-11,13-14,16H2,1-2H3,(H,35,36)/t19-,24+/m1/s1. The van der Waals surface area contributed by atoms with E-state index in [4.69, 9.17) is 4.74 Å². The molecule has 2 saturated heterocycles. The van der Waals surface area contributed by atoms with E-state index in [9.17, 15) is 14.7 Å². The average molecular weight is 506 g/mol. The number of hydrogen-bond acceptors (Lipinski definition) is 5. The Bertz CT molecular complexity index is 1430. The maximum atomic E-state index is 15.8. The molecule has 0 radical (unpaired) electrons. The van der Waals surface area contributed by atoms with Crippen LogP contribution in [0, 0.1) is 18.7 Å². The molecule has 3 fully saturated rings. The highest BCUT2D eigenvalue weighted by atomic mass is 19.1. The minimum atomic E-state index is -1.30. The first-order valence-corrected chi connectivity index (χ1v) is 13.1. The Balaban J connectivity index is 1.40. The maximum Gasteiger partial charge on any atom is 0.341 e. The summed E-state index contributed by atoms with van der Waals surface area (Å²) >= 11 is 0. The van der Waals surface area contributed by atoms with Crippen molar-refractivity contribution in [3.05, 3.63) is 69.3 Å². The lowest BCUT2D eigenvalue weighted by Gasteiger charge is -2.36. The lowest BCUT2D eigenvalue weighted by atomic mass is 9.91. The number of aromatic carboxylic acids is 1. The number of likely N-dealkylation sites (tertiary alicyclic amines) is 1. The van der Waals surface area contributed by atoms with Gasteiger partial charge in [-0.25, -0.2) is 9.18 Å². The third-order valence-electron chi connectivity index (χ3n) is 8.29. The number of aryl methyl sites for hydroxylation is 1. The molecule has 1 saturated carbocycles. The Morgan fingerprint density at radius 1 is 1.16 bits per heavy atom. The molecular weight excluding hydrogens is 473 g/mol. The number of nitrogens with zero attached hydrogens (tertiary/aromatic N) is 3. The van der Waals surface area contributed by atoms with Crippen LogP contribution in [0.3, 0.4) is 0 Å². The molecule has 37 heavy (non-hydrogen) atoms. The van der Waals surface area contributed by atoms with Gasteiger partial charge in [-0.3, -0.25) is 9.69 Å². The van der Waals surface area contributed by atoms with Crippen LogP contribution in [0.5, 0.6) is 5.75 Å². The molecule has 3 aliphatic rings. The largest absolute Gasteiger partial charge is 0.492 e. The second kappa shape index (κ2) is 9.17. The van der Waals surface area contributed by atoms with Gasteiger partial charge in [-0.1, -0.05) is 29.8 Å². The predicted octanol–water partition coefficient (Wildman–Crippen LogP) is 4.59. The van der Waals surface area contributed by atoms with Crippen LogP contribution in [0.4, 0.5) is 10.1 Å². The highest BCUT2D eigenvalue weighted by Crippen LogP contribution is 2.45. The molecule has 2 aromatic carbocycles. The Labute approximate surface area is 215 Å². The normalized spacial score (nSPS) is 21.9. The number of fused-ring (bicyclic) bond motifs is 2. The van der Waals surface area contributed by atoms with E-state index in [0.29, 0.717) is 42.0 Å². The lowest BCUT2D eigenvalue weighted by Crippen LogP contribution is -2.44. The van der Waals surface area contributed by atoms with E-state index in [1.54, 1.807) is 0 Å². The average Bonchev–Trinajstić information content (AvgIpc) is 3.63. The van der Waals surface area contributed by atoms with Gasteiger partial charge in [0.1, 0.15) is 11.3 Å². The summed E-state index contributed by atoms with van der Waals surface area (Å²) in [4.78, 5) is 29.4. The topological polar surface area (TPSA) is 75.0 Å². The molecule has 1 N–H and O–H groups in total. The van der Waals surface area contributed by atoms with Crippen molar-refractivity contribution in [2.24, 2.45) is 5.92 Å². The molecule has 3 aromatic rings. The first-order valence-electron chi connectivity index (χ1n) is 13.1. The van der Waals surface area contributed by atoms with E-state index >= 15 is 4.39 Å². The number of hydrogen-bond donors (Lipinski definition) is 1. The molecule has 2 atom stereocenters. The highest BCUT2D eigenvalue weighted by molar-refractivity contribution is 5.97. The van der Waals surface area contributed by atoms with Crippen LogP contribution in [-0.2, 0) is 6.54 Å². The van der Waals surface area contributed by atoms with Crippen LogP contribution in [-0.4, -0.2) is 53.3 Å². The molecule has 3 heterocycles. The summed E-state index contributed by atoms with van der Waals surface area (Å²) in [6.45, 7) is 5.36. The summed E-state index contributed by atoms with van der Waals surface area (Å²) in [5, 5.41) is 9.64. The molecule has 1 aliphatic carbocycles. The smallest absolute Gasteiger partial charge is 0.341 e. The second-order valence-corrected chi connectivity index (χ2v) is 10.8. The van der Waals surface area contributed by atoms with Crippen molar-refractivity contribution in [3.8, 4) is 5.75 Å². The molecule has 0 unspecified atom stereocenters. The second-order valence-electron chi connectivity index (χ2n) is 10.8. The minimum Gasteiger partial charge on any atom is -0.492 e. The molecule has 0 bridgehead atoms. The first kappa shape index (κ1) is 24.0. The van der Waals surface area contributed by atoms with Gasteiger partial charge in [0.15, 0.2) is 11.6 Å². The number of anilines is 1. The third kappa shape index (κ3) is 4.17. The summed E-state index contributed by atoms with van der Waals surface area (Å²) < 4.78 is 23.4. The number of aromatic nitrogens is 1. The zero-order chi connectivity index (χ0) is 25.8. The fraction of sp³-hybridized carbons (Fsp3) is 0.448. The molecule has 1 aromatic heterocycles. The van der Waals surface area contributed by atoms with Gasteiger partial charge >= 0.3 is 5.97 Å². The van der Waals surface area contributed by atoms with Gasteiger partial charge in [0, 0.05) is 37.9 Å². The Morgan fingerprint density at radius 3 is 2.59 bits per heavy atom. The first-order chi connectivity index (χ1) is 17.9. The minimum absolute atomic E-state index is 0.0579. The van der Waals surface area contributed by atoms with E-state index in [1.165, 1.54) is 30.5 Å². The van der Waals surface area contributed by atoms with E-state index in [0.717, 1.165) is 38.8 Å². The van der Waals surface area contributed by atoms with Gasteiger partial charge in [0.25, 0.3) is 0 Å². The summed E-state index contributed by atoms with van der Waals surface area (Å²) in [7, 11) is 1.50. The summed E-state index contributed by atoms with van der Waals surface area (Å²) in [5.74, 6) is -1.12. The van der Waals surface area contributed by atoms with Crippen molar-refractivity contribution in [3.63, 3.8) is 0 Å². The fourth-order valence-corrected chi connectivity index (χ4v) is 6.30. The molecule has 194 valence electrons. The van der Waals surface area contributed by atoms with Crippen molar-refractivity contribution in [1.29, 1.82) is 0 Å². The zero-order valence-corrected chi connectivity index (χ0v) is 21.2. The van der Waals surface area contributed by atoms with Crippen molar-refractivity contribution < 1.29 is 19.0 Å². The van der Waals surface area contributed by atoms with Crippen molar-refractivity contribution in [2.75, 3.05) is 31.6 Å². The van der Waals surface area contributed by atoms with Crippen molar-refractivity contribution in [2.45, 2.75) is 51.2 Å². The number of carbonyl (C=O) groups is 1. The molecular formula is C29H32FN3O4.